The van der Waals surface area contributed by atoms with Gasteiger partial charge in [-0.05, 0) is 54.1 Å². The second-order valence-corrected chi connectivity index (χ2v) is 7.60. The van der Waals surface area contributed by atoms with Crippen molar-refractivity contribution >= 4 is 23.2 Å². The Balaban J connectivity index is 1.51. The van der Waals surface area contributed by atoms with Gasteiger partial charge in [0.2, 0.25) is 0 Å². The van der Waals surface area contributed by atoms with E-state index in [0.717, 1.165) is 21.6 Å². The lowest BCUT2D eigenvalue weighted by molar-refractivity contribution is -0.150. The summed E-state index contributed by atoms with van der Waals surface area (Å²) in [7, 11) is 0. The van der Waals surface area contributed by atoms with Gasteiger partial charge in [0, 0.05) is 4.88 Å². The van der Waals surface area contributed by atoms with Crippen LogP contribution >= 0.6 is 11.3 Å². The van der Waals surface area contributed by atoms with E-state index in [2.05, 4.69) is 5.32 Å². The van der Waals surface area contributed by atoms with Gasteiger partial charge in [-0.15, -0.1) is 11.3 Å². The zero-order valence-electron chi connectivity index (χ0n) is 16.4. The molecular formula is C23H23NO4S. The molecule has 29 heavy (non-hydrogen) atoms. The van der Waals surface area contributed by atoms with E-state index < -0.39 is 5.97 Å². The van der Waals surface area contributed by atoms with Gasteiger partial charge in [-0.25, -0.2) is 4.79 Å². The van der Waals surface area contributed by atoms with Gasteiger partial charge in [0.15, 0.2) is 13.2 Å². The number of hydrogen-bond donors (Lipinski definition) is 1. The summed E-state index contributed by atoms with van der Waals surface area (Å²) in [6.45, 7) is 3.37. The summed E-state index contributed by atoms with van der Waals surface area (Å²) in [5, 5.41) is 4.89. The average molecular weight is 410 g/mol. The second kappa shape index (κ2) is 9.89. The first-order valence-electron chi connectivity index (χ1n) is 9.26. The number of ether oxygens (including phenoxy) is 2. The fourth-order valence-electron chi connectivity index (χ4n) is 2.76. The molecule has 1 N–H and O–H groups in total. The van der Waals surface area contributed by atoms with Crippen molar-refractivity contribution < 1.29 is 19.1 Å². The molecule has 1 atom stereocenters. The van der Waals surface area contributed by atoms with Gasteiger partial charge >= 0.3 is 5.97 Å². The van der Waals surface area contributed by atoms with Crippen LogP contribution in [0.2, 0.25) is 0 Å². The maximum Gasteiger partial charge on any atom is 0.344 e. The van der Waals surface area contributed by atoms with E-state index in [9.17, 15) is 9.59 Å². The molecular weight excluding hydrogens is 386 g/mol. The van der Waals surface area contributed by atoms with Crippen molar-refractivity contribution in [2.75, 3.05) is 13.2 Å². The molecule has 6 heteroatoms. The predicted octanol–water partition coefficient (Wildman–Crippen LogP) is 4.19. The summed E-state index contributed by atoms with van der Waals surface area (Å²) in [4.78, 5) is 25.3. The Morgan fingerprint density at radius 2 is 1.76 bits per heavy atom. The van der Waals surface area contributed by atoms with Gasteiger partial charge in [-0.2, -0.15) is 0 Å². The van der Waals surface area contributed by atoms with E-state index >= 15 is 0 Å². The molecule has 0 spiro atoms. The van der Waals surface area contributed by atoms with E-state index in [1.807, 2.05) is 73.8 Å². The molecule has 3 aromatic rings. The lowest BCUT2D eigenvalue weighted by Crippen LogP contribution is -2.33. The van der Waals surface area contributed by atoms with Gasteiger partial charge in [0.25, 0.3) is 5.91 Å². The molecule has 0 aliphatic carbocycles. The molecule has 2 aromatic carbocycles. The van der Waals surface area contributed by atoms with Crippen LogP contribution in [0.4, 0.5) is 0 Å². The fraction of sp³-hybridized carbons (Fsp3) is 0.217. The maximum absolute atomic E-state index is 12.4. The first-order valence-corrected chi connectivity index (χ1v) is 10.1. The van der Waals surface area contributed by atoms with Crippen molar-refractivity contribution in [2.45, 2.75) is 19.9 Å². The highest BCUT2D eigenvalue weighted by Gasteiger charge is 2.18. The van der Waals surface area contributed by atoms with Crippen LogP contribution in [0.1, 0.15) is 27.6 Å². The Hall–Kier alpha value is -3.12. The standard InChI is InChI=1S/C23H23NO4S/c1-16-10-11-19(13-17(16)2)27-15-22(26)28-14-21(25)24-23(20-9-6-12-29-20)18-7-4-3-5-8-18/h3-13,23H,14-15H2,1-2H3,(H,24,25)/t23-/m0/s1. The molecule has 0 aliphatic rings. The lowest BCUT2D eigenvalue weighted by atomic mass is 10.1. The van der Waals surface area contributed by atoms with Crippen molar-refractivity contribution in [1.82, 2.24) is 5.32 Å². The zero-order chi connectivity index (χ0) is 20.6. The normalized spacial score (nSPS) is 11.5. The Morgan fingerprint density at radius 3 is 2.45 bits per heavy atom. The van der Waals surface area contributed by atoms with Gasteiger partial charge in [-0.3, -0.25) is 4.79 Å². The molecule has 1 heterocycles. The van der Waals surface area contributed by atoms with Crippen LogP contribution < -0.4 is 10.1 Å². The number of rotatable bonds is 8. The molecule has 150 valence electrons. The molecule has 0 aliphatic heterocycles. The summed E-state index contributed by atoms with van der Waals surface area (Å²) >= 11 is 1.56. The Kier molecular flexibility index (Phi) is 7.03. The van der Waals surface area contributed by atoms with Crippen LogP contribution in [0.5, 0.6) is 5.75 Å². The number of carbonyl (C=O) groups is 2. The van der Waals surface area contributed by atoms with Crippen LogP contribution in [0.25, 0.3) is 0 Å². The predicted molar refractivity (Wildman–Crippen MR) is 113 cm³/mol. The number of amides is 1. The van der Waals surface area contributed by atoms with E-state index in [1.54, 1.807) is 17.4 Å². The first kappa shape index (κ1) is 20.6. The average Bonchev–Trinajstić information content (AvgIpc) is 3.26. The van der Waals surface area contributed by atoms with Crippen molar-refractivity contribution in [2.24, 2.45) is 0 Å². The SMILES string of the molecule is Cc1ccc(OCC(=O)OCC(=O)N[C@@H](c2ccccc2)c2cccs2)cc1C. The van der Waals surface area contributed by atoms with E-state index in [4.69, 9.17) is 9.47 Å². The summed E-state index contributed by atoms with van der Waals surface area (Å²) in [6.07, 6.45) is 0. The summed E-state index contributed by atoms with van der Waals surface area (Å²) in [5.74, 6) is -0.367. The quantitative estimate of drug-likeness (QED) is 0.567. The lowest BCUT2D eigenvalue weighted by Gasteiger charge is -2.18. The minimum absolute atomic E-state index is 0.247. The number of hydrogen-bond acceptors (Lipinski definition) is 5. The van der Waals surface area contributed by atoms with Crippen LogP contribution in [-0.4, -0.2) is 25.1 Å². The molecule has 0 radical (unpaired) electrons. The van der Waals surface area contributed by atoms with Crippen molar-refractivity contribution in [3.63, 3.8) is 0 Å². The molecule has 0 saturated heterocycles. The largest absolute Gasteiger partial charge is 0.482 e. The zero-order valence-corrected chi connectivity index (χ0v) is 17.2. The smallest absolute Gasteiger partial charge is 0.344 e. The third-order valence-corrected chi connectivity index (χ3v) is 5.40. The summed E-state index contributed by atoms with van der Waals surface area (Å²) in [5.41, 5.74) is 3.19. The Bertz CT molecular complexity index is 954. The number of esters is 1. The van der Waals surface area contributed by atoms with Crippen LogP contribution in [0.15, 0.2) is 66.0 Å². The molecule has 0 saturated carbocycles. The van der Waals surface area contributed by atoms with Crippen molar-refractivity contribution in [3.8, 4) is 5.75 Å². The van der Waals surface area contributed by atoms with E-state index in [0.29, 0.717) is 5.75 Å². The maximum atomic E-state index is 12.4. The third kappa shape index (κ3) is 5.93. The molecule has 0 fully saturated rings. The summed E-state index contributed by atoms with van der Waals surface area (Å²) in [6, 6.07) is 18.9. The van der Waals surface area contributed by atoms with Gasteiger partial charge in [0.05, 0.1) is 6.04 Å². The van der Waals surface area contributed by atoms with E-state index in [-0.39, 0.29) is 25.2 Å². The number of benzene rings is 2. The number of aryl methyl sites for hydroxylation is 2. The first-order chi connectivity index (χ1) is 14.0. The molecule has 5 nitrogen and oxygen atoms in total. The third-order valence-electron chi connectivity index (χ3n) is 4.47. The fourth-order valence-corrected chi connectivity index (χ4v) is 3.56. The molecule has 0 unspecified atom stereocenters. The van der Waals surface area contributed by atoms with Crippen LogP contribution in [0.3, 0.4) is 0 Å². The number of thiophene rings is 1. The highest BCUT2D eigenvalue weighted by atomic mass is 32.1. The second-order valence-electron chi connectivity index (χ2n) is 6.62. The van der Waals surface area contributed by atoms with Crippen LogP contribution in [0, 0.1) is 13.8 Å². The molecule has 0 bridgehead atoms. The minimum Gasteiger partial charge on any atom is -0.482 e. The Labute approximate surface area is 174 Å². The highest BCUT2D eigenvalue weighted by Crippen LogP contribution is 2.25. The van der Waals surface area contributed by atoms with Gasteiger partial charge < -0.3 is 14.8 Å². The van der Waals surface area contributed by atoms with Crippen LogP contribution in [-0.2, 0) is 14.3 Å². The monoisotopic (exact) mass is 409 g/mol. The number of carbonyl (C=O) groups excluding carboxylic acids is 2. The molecule has 1 aromatic heterocycles. The molecule has 1 amide bonds. The minimum atomic E-state index is -0.592. The van der Waals surface area contributed by atoms with Crippen molar-refractivity contribution in [1.29, 1.82) is 0 Å². The van der Waals surface area contributed by atoms with Gasteiger partial charge in [-0.1, -0.05) is 42.5 Å². The summed E-state index contributed by atoms with van der Waals surface area (Å²) < 4.78 is 10.5. The van der Waals surface area contributed by atoms with E-state index in [1.165, 1.54) is 0 Å². The topological polar surface area (TPSA) is 64.6 Å². The number of nitrogens with one attached hydrogen (secondary N) is 1. The van der Waals surface area contributed by atoms with Gasteiger partial charge in [0.1, 0.15) is 5.75 Å². The highest BCUT2D eigenvalue weighted by molar-refractivity contribution is 7.10. The molecule has 3 rings (SSSR count). The Morgan fingerprint density at radius 1 is 0.966 bits per heavy atom. The van der Waals surface area contributed by atoms with Crippen molar-refractivity contribution in [3.05, 3.63) is 87.6 Å².